The first-order chi connectivity index (χ1) is 15.3. The van der Waals surface area contributed by atoms with Gasteiger partial charge in [0.25, 0.3) is 0 Å². The summed E-state index contributed by atoms with van der Waals surface area (Å²) in [6, 6.07) is 16.3. The average Bonchev–Trinajstić information content (AvgIpc) is 2.78. The maximum Gasteiger partial charge on any atom is 0.240 e. The second kappa shape index (κ2) is 11.6. The number of hydrogen-bond acceptors (Lipinski definition) is 4. The van der Waals surface area contributed by atoms with Crippen LogP contribution in [-0.4, -0.2) is 34.2 Å². The summed E-state index contributed by atoms with van der Waals surface area (Å²) in [5.74, 6) is 0. The van der Waals surface area contributed by atoms with Crippen molar-refractivity contribution in [2.45, 2.75) is 50.6 Å². The summed E-state index contributed by atoms with van der Waals surface area (Å²) in [5, 5.41) is 3.48. The summed E-state index contributed by atoms with van der Waals surface area (Å²) >= 11 is 0. The molecule has 0 saturated carbocycles. The highest BCUT2D eigenvalue weighted by atomic mass is 32.2. The largest absolute Gasteiger partial charge is 0.376 e. The number of rotatable bonds is 11. The number of allylic oxidation sites excluding steroid dienone is 3. The normalized spacial score (nSPS) is 16.2. The van der Waals surface area contributed by atoms with Gasteiger partial charge < -0.3 is 10.1 Å². The minimum atomic E-state index is -3.62. The van der Waals surface area contributed by atoms with Gasteiger partial charge in [0.05, 0.1) is 18.1 Å². The molecule has 0 aliphatic heterocycles. The minimum Gasteiger partial charge on any atom is -0.376 e. The Morgan fingerprint density at radius 3 is 2.34 bits per heavy atom. The summed E-state index contributed by atoms with van der Waals surface area (Å²) in [6.45, 7) is 7.79. The van der Waals surface area contributed by atoms with Crippen molar-refractivity contribution in [3.63, 3.8) is 0 Å². The molecule has 2 aromatic rings. The van der Waals surface area contributed by atoms with Crippen LogP contribution < -0.4 is 10.0 Å². The van der Waals surface area contributed by atoms with E-state index in [0.29, 0.717) is 19.8 Å². The molecular weight excluding hydrogens is 420 g/mol. The molecule has 2 N–H and O–H groups in total. The number of ether oxygens (including phenoxy) is 1. The van der Waals surface area contributed by atoms with E-state index >= 15 is 0 Å². The van der Waals surface area contributed by atoms with Crippen molar-refractivity contribution in [2.75, 3.05) is 19.8 Å². The highest BCUT2D eigenvalue weighted by Crippen LogP contribution is 2.20. The van der Waals surface area contributed by atoms with Gasteiger partial charge in [-0.15, -0.1) is 0 Å². The fourth-order valence-electron chi connectivity index (χ4n) is 3.73. The molecule has 0 spiro atoms. The number of aryl methyl sites for hydroxylation is 1. The van der Waals surface area contributed by atoms with Crippen LogP contribution in [0.15, 0.2) is 82.8 Å². The van der Waals surface area contributed by atoms with Crippen molar-refractivity contribution < 1.29 is 13.2 Å². The highest BCUT2D eigenvalue weighted by molar-refractivity contribution is 7.89. The van der Waals surface area contributed by atoms with Crippen LogP contribution in [0.3, 0.4) is 0 Å². The predicted molar refractivity (Wildman–Crippen MR) is 130 cm³/mol. The summed E-state index contributed by atoms with van der Waals surface area (Å²) in [7, 11) is -3.62. The third kappa shape index (κ3) is 7.14. The first-order valence-electron chi connectivity index (χ1n) is 11.1. The maximum atomic E-state index is 12.9. The maximum absolute atomic E-state index is 12.9. The monoisotopic (exact) mass is 454 g/mol. The molecule has 0 aromatic heterocycles. The third-order valence-electron chi connectivity index (χ3n) is 5.65. The van der Waals surface area contributed by atoms with Crippen molar-refractivity contribution in [3.8, 4) is 0 Å². The molecule has 172 valence electrons. The average molecular weight is 455 g/mol. The van der Waals surface area contributed by atoms with Crippen molar-refractivity contribution >= 4 is 10.0 Å². The Morgan fingerprint density at radius 1 is 0.969 bits per heavy atom. The highest BCUT2D eigenvalue weighted by Gasteiger charge is 2.24. The molecule has 0 unspecified atom stereocenters. The van der Waals surface area contributed by atoms with Gasteiger partial charge in [0.1, 0.15) is 0 Å². The van der Waals surface area contributed by atoms with E-state index < -0.39 is 10.0 Å². The Balaban J connectivity index is 1.58. The van der Waals surface area contributed by atoms with E-state index in [0.717, 1.165) is 24.0 Å². The second-order valence-corrected chi connectivity index (χ2v) is 10.2. The van der Waals surface area contributed by atoms with E-state index in [9.17, 15) is 8.42 Å². The van der Waals surface area contributed by atoms with Crippen LogP contribution in [0.1, 0.15) is 43.9 Å². The molecule has 0 heterocycles. The zero-order valence-electron chi connectivity index (χ0n) is 19.2. The van der Waals surface area contributed by atoms with Gasteiger partial charge in [-0.2, -0.15) is 0 Å². The zero-order chi connectivity index (χ0) is 23.0. The fourth-order valence-corrected chi connectivity index (χ4v) is 4.98. The summed E-state index contributed by atoms with van der Waals surface area (Å²) in [5.41, 5.74) is 4.77. The van der Waals surface area contributed by atoms with E-state index in [1.54, 1.807) is 12.1 Å². The standard InChI is InChI=1S/C26H34N2O3S/c1-20-9-13-23(14-10-20)19-31-18-17-27-26(24-7-5-4-6-8-24)22(3)28-32(29,30)25-15-11-21(2)12-16-25/h4-9,11-12,14-16,22,26-28H,10,13,17-19H2,1-3H3/t22-,26+/m1/s1. The molecule has 6 heteroatoms. The van der Waals surface area contributed by atoms with Gasteiger partial charge >= 0.3 is 0 Å². The summed E-state index contributed by atoms with van der Waals surface area (Å²) in [6.07, 6.45) is 6.47. The molecule has 3 rings (SSSR count). The molecule has 1 aliphatic carbocycles. The molecule has 0 amide bonds. The molecular formula is C26H34N2O3S. The Kier molecular flexibility index (Phi) is 8.82. The van der Waals surface area contributed by atoms with Crippen LogP contribution in [-0.2, 0) is 14.8 Å². The van der Waals surface area contributed by atoms with E-state index in [2.05, 4.69) is 29.1 Å². The lowest BCUT2D eigenvalue weighted by Crippen LogP contribution is -2.43. The molecule has 0 radical (unpaired) electrons. The fraction of sp³-hybridized carbons (Fsp3) is 0.385. The van der Waals surface area contributed by atoms with Crippen molar-refractivity contribution in [1.82, 2.24) is 10.0 Å². The van der Waals surface area contributed by atoms with Crippen molar-refractivity contribution in [1.29, 1.82) is 0 Å². The minimum absolute atomic E-state index is 0.181. The first kappa shape index (κ1) is 24.4. The summed E-state index contributed by atoms with van der Waals surface area (Å²) in [4.78, 5) is 0.273. The van der Waals surface area contributed by atoms with Gasteiger partial charge in [-0.1, -0.05) is 65.8 Å². The van der Waals surface area contributed by atoms with E-state index in [1.165, 1.54) is 11.1 Å². The first-order valence-corrected chi connectivity index (χ1v) is 12.6. The van der Waals surface area contributed by atoms with Crippen molar-refractivity contribution in [3.05, 3.63) is 89.0 Å². The zero-order valence-corrected chi connectivity index (χ0v) is 20.0. The number of hydrogen-bond donors (Lipinski definition) is 2. The number of sulfonamides is 1. The number of nitrogens with one attached hydrogen (secondary N) is 2. The molecule has 2 aromatic carbocycles. The number of benzene rings is 2. The van der Waals surface area contributed by atoms with Crippen LogP contribution in [0.5, 0.6) is 0 Å². The quantitative estimate of drug-likeness (QED) is 0.382. The Hall–Kier alpha value is -2.25. The van der Waals surface area contributed by atoms with Gasteiger partial charge in [0.2, 0.25) is 10.0 Å². The third-order valence-corrected chi connectivity index (χ3v) is 7.23. The Morgan fingerprint density at radius 2 is 1.69 bits per heavy atom. The summed E-state index contributed by atoms with van der Waals surface area (Å²) < 4.78 is 34.5. The molecule has 2 atom stereocenters. The van der Waals surface area contributed by atoms with Gasteiger partial charge in [-0.05, 0) is 56.9 Å². The van der Waals surface area contributed by atoms with Crippen LogP contribution >= 0.6 is 0 Å². The lowest BCUT2D eigenvalue weighted by molar-refractivity contribution is 0.152. The van der Waals surface area contributed by atoms with Gasteiger partial charge in [-0.25, -0.2) is 13.1 Å². The Bertz CT molecular complexity index is 1030. The molecule has 0 fully saturated rings. The predicted octanol–water partition coefficient (Wildman–Crippen LogP) is 4.68. The van der Waals surface area contributed by atoms with Crippen LogP contribution in [0, 0.1) is 6.92 Å². The SMILES string of the molecule is CC1=CCC(COCCN[C@H](c2ccccc2)[C@@H](C)NS(=O)(=O)c2ccc(C)cc2)=CC1. The molecule has 0 bridgehead atoms. The van der Waals surface area contributed by atoms with E-state index in [1.807, 2.05) is 56.3 Å². The second-order valence-electron chi connectivity index (χ2n) is 8.44. The smallest absolute Gasteiger partial charge is 0.240 e. The molecule has 32 heavy (non-hydrogen) atoms. The molecule has 1 aliphatic rings. The Labute approximate surface area is 192 Å². The van der Waals surface area contributed by atoms with Crippen LogP contribution in [0.25, 0.3) is 0 Å². The lowest BCUT2D eigenvalue weighted by atomic mass is 10.0. The van der Waals surface area contributed by atoms with Crippen LogP contribution in [0.2, 0.25) is 0 Å². The topological polar surface area (TPSA) is 67.4 Å². The van der Waals surface area contributed by atoms with Crippen molar-refractivity contribution in [2.24, 2.45) is 0 Å². The van der Waals surface area contributed by atoms with Crippen LogP contribution in [0.4, 0.5) is 0 Å². The van der Waals surface area contributed by atoms with Gasteiger partial charge in [-0.3, -0.25) is 0 Å². The van der Waals surface area contributed by atoms with E-state index in [4.69, 9.17) is 4.74 Å². The van der Waals surface area contributed by atoms with Gasteiger partial charge in [0, 0.05) is 18.6 Å². The molecule has 0 saturated heterocycles. The van der Waals surface area contributed by atoms with Gasteiger partial charge in [0.15, 0.2) is 0 Å². The molecule has 5 nitrogen and oxygen atoms in total. The lowest BCUT2D eigenvalue weighted by Gasteiger charge is -2.26. The van der Waals surface area contributed by atoms with E-state index in [-0.39, 0.29) is 17.0 Å².